The molecule has 1 aliphatic rings. The number of ether oxygens (including phenoxy) is 1. The molecule has 4 aromatic rings. The number of nitrogens with zero attached hydrogens (tertiary/aromatic N) is 3. The van der Waals surface area contributed by atoms with Crippen molar-refractivity contribution in [2.24, 2.45) is 0 Å². The topological polar surface area (TPSA) is 101 Å². The van der Waals surface area contributed by atoms with E-state index in [9.17, 15) is 13.2 Å². The summed E-state index contributed by atoms with van der Waals surface area (Å²) in [5.74, 6) is -0.0246. The Hall–Kier alpha value is -3.82. The summed E-state index contributed by atoms with van der Waals surface area (Å²) in [5.41, 5.74) is 2.84. The Balaban J connectivity index is 1.53. The number of carbonyl (C=O) groups is 1. The molecule has 1 N–H and O–H groups in total. The zero-order valence-electron chi connectivity index (χ0n) is 19.8. The Morgan fingerprint density at radius 3 is 2.47 bits per heavy atom. The van der Waals surface area contributed by atoms with Gasteiger partial charge in [-0.15, -0.1) is 0 Å². The maximum Gasteiger partial charge on any atom is 0.256 e. The molecule has 8 nitrogen and oxygen atoms in total. The Bertz CT molecular complexity index is 1520. The highest BCUT2D eigenvalue weighted by Gasteiger charge is 2.27. The number of methoxy groups -OCH3 is 1. The van der Waals surface area contributed by atoms with Crippen LogP contribution in [0, 0.1) is 0 Å². The van der Waals surface area contributed by atoms with E-state index < -0.39 is 15.9 Å². The molecule has 0 aliphatic carbocycles. The van der Waals surface area contributed by atoms with Crippen molar-refractivity contribution in [3.05, 3.63) is 78.6 Å². The smallest absolute Gasteiger partial charge is 0.256 e. The van der Waals surface area contributed by atoms with E-state index in [1.54, 1.807) is 24.5 Å². The van der Waals surface area contributed by atoms with Crippen LogP contribution in [0.1, 0.15) is 29.6 Å². The molecule has 5 rings (SSSR count). The van der Waals surface area contributed by atoms with E-state index in [2.05, 4.69) is 10.3 Å². The van der Waals surface area contributed by atoms with Gasteiger partial charge in [-0.3, -0.25) is 9.78 Å². The fourth-order valence-corrected chi connectivity index (χ4v) is 5.97. The number of para-hydroxylation sites is 1. The summed E-state index contributed by atoms with van der Waals surface area (Å²) in [7, 11) is -2.20. The molecule has 0 unspecified atom stereocenters. The van der Waals surface area contributed by atoms with Crippen LogP contribution in [0.15, 0.2) is 78.0 Å². The number of sulfonamides is 1. The molecule has 184 valence electrons. The van der Waals surface area contributed by atoms with Gasteiger partial charge in [0.1, 0.15) is 5.75 Å². The van der Waals surface area contributed by atoms with Crippen LogP contribution >= 0.6 is 0 Å². The second kappa shape index (κ2) is 10.0. The van der Waals surface area contributed by atoms with E-state index >= 15 is 0 Å². The molecular formula is C27H26N4O4S. The molecule has 0 radical (unpaired) electrons. The first-order valence-electron chi connectivity index (χ1n) is 11.8. The lowest BCUT2D eigenvalue weighted by Crippen LogP contribution is -2.35. The first kappa shape index (κ1) is 23.9. The number of rotatable bonds is 6. The van der Waals surface area contributed by atoms with Gasteiger partial charge in [-0.25, -0.2) is 13.4 Å². The number of anilines is 1. The second-order valence-electron chi connectivity index (χ2n) is 8.59. The minimum atomic E-state index is -3.68. The number of hydrogen-bond donors (Lipinski definition) is 1. The van der Waals surface area contributed by atoms with Crippen LogP contribution < -0.4 is 10.1 Å². The van der Waals surface area contributed by atoms with Gasteiger partial charge in [0.25, 0.3) is 5.91 Å². The Labute approximate surface area is 210 Å². The number of fused-ring (bicyclic) bond motifs is 1. The zero-order chi connectivity index (χ0) is 25.1. The normalized spacial score (nSPS) is 14.5. The van der Waals surface area contributed by atoms with E-state index in [0.29, 0.717) is 41.0 Å². The first-order valence-corrected chi connectivity index (χ1v) is 13.2. The molecule has 1 amide bonds. The third-order valence-electron chi connectivity index (χ3n) is 6.31. The minimum Gasteiger partial charge on any atom is -0.495 e. The van der Waals surface area contributed by atoms with Crippen LogP contribution in [-0.4, -0.2) is 48.8 Å². The number of pyridine rings is 2. The Kier molecular flexibility index (Phi) is 6.67. The molecule has 1 saturated heterocycles. The highest BCUT2D eigenvalue weighted by atomic mass is 32.2. The fraction of sp³-hybridized carbons (Fsp3) is 0.222. The van der Waals surface area contributed by atoms with Crippen molar-refractivity contribution in [2.45, 2.75) is 24.2 Å². The number of benzene rings is 2. The molecule has 1 fully saturated rings. The predicted molar refractivity (Wildman–Crippen MR) is 139 cm³/mol. The molecule has 3 heterocycles. The van der Waals surface area contributed by atoms with Gasteiger partial charge >= 0.3 is 0 Å². The highest BCUT2D eigenvalue weighted by molar-refractivity contribution is 7.89. The largest absolute Gasteiger partial charge is 0.495 e. The first-order chi connectivity index (χ1) is 17.5. The lowest BCUT2D eigenvalue weighted by molar-refractivity contribution is 0.102. The van der Waals surface area contributed by atoms with Crippen LogP contribution in [0.3, 0.4) is 0 Å². The molecule has 1 aliphatic heterocycles. The van der Waals surface area contributed by atoms with E-state index in [1.807, 2.05) is 36.4 Å². The average molecular weight is 503 g/mol. The van der Waals surface area contributed by atoms with Gasteiger partial charge in [-0.2, -0.15) is 4.31 Å². The Morgan fingerprint density at radius 1 is 0.972 bits per heavy atom. The van der Waals surface area contributed by atoms with Crippen LogP contribution in [-0.2, 0) is 10.0 Å². The van der Waals surface area contributed by atoms with Crippen molar-refractivity contribution >= 4 is 32.5 Å². The molecule has 2 aromatic heterocycles. The summed E-state index contributed by atoms with van der Waals surface area (Å²) >= 11 is 0. The van der Waals surface area contributed by atoms with Crippen LogP contribution in [0.4, 0.5) is 5.69 Å². The van der Waals surface area contributed by atoms with E-state index in [0.717, 1.165) is 24.8 Å². The van der Waals surface area contributed by atoms with Gasteiger partial charge in [0.05, 0.1) is 34.5 Å². The van der Waals surface area contributed by atoms with Gasteiger partial charge < -0.3 is 10.1 Å². The summed E-state index contributed by atoms with van der Waals surface area (Å²) < 4.78 is 33.4. The van der Waals surface area contributed by atoms with Crippen molar-refractivity contribution in [3.63, 3.8) is 0 Å². The van der Waals surface area contributed by atoms with E-state index in [-0.39, 0.29) is 10.6 Å². The SMILES string of the molecule is COc1ccc(S(=O)(=O)N2CCCCC2)cc1NC(=O)c1cc(-c2ccncc2)nc2ccccc12. The summed E-state index contributed by atoms with van der Waals surface area (Å²) in [6.07, 6.45) is 6.05. The van der Waals surface area contributed by atoms with Crippen LogP contribution in [0.2, 0.25) is 0 Å². The lowest BCUT2D eigenvalue weighted by Gasteiger charge is -2.26. The number of carbonyl (C=O) groups excluding carboxylic acids is 1. The number of aromatic nitrogens is 2. The minimum absolute atomic E-state index is 0.123. The molecule has 2 aromatic carbocycles. The average Bonchev–Trinajstić information content (AvgIpc) is 2.93. The van der Waals surface area contributed by atoms with Crippen LogP contribution in [0.5, 0.6) is 5.75 Å². The molecule has 0 saturated carbocycles. The van der Waals surface area contributed by atoms with Gasteiger partial charge in [-0.1, -0.05) is 24.6 Å². The van der Waals surface area contributed by atoms with Gasteiger partial charge in [0, 0.05) is 36.4 Å². The third kappa shape index (κ3) is 4.67. The standard InChI is InChI=1S/C27H26N4O4S/c1-35-26-10-9-20(36(33,34)31-15-5-2-6-16-31)17-25(26)30-27(32)22-18-24(19-11-13-28-14-12-19)29-23-8-4-3-7-21(22)23/h3-4,7-14,17-18H,2,5-6,15-16H2,1H3,(H,30,32). The van der Waals surface area contributed by atoms with E-state index in [4.69, 9.17) is 9.72 Å². The number of hydrogen-bond acceptors (Lipinski definition) is 6. The summed E-state index contributed by atoms with van der Waals surface area (Å²) in [6.45, 7) is 0.994. The van der Waals surface area contributed by atoms with Gasteiger partial charge in [-0.05, 0) is 55.3 Å². The molecule has 9 heteroatoms. The lowest BCUT2D eigenvalue weighted by atomic mass is 10.0. The number of nitrogens with one attached hydrogen (secondary N) is 1. The molecule has 0 atom stereocenters. The third-order valence-corrected chi connectivity index (χ3v) is 8.20. The van der Waals surface area contributed by atoms with E-state index in [1.165, 1.54) is 23.5 Å². The van der Waals surface area contributed by atoms with Crippen molar-refractivity contribution in [1.82, 2.24) is 14.3 Å². The molecule has 0 bridgehead atoms. The predicted octanol–water partition coefficient (Wildman–Crippen LogP) is 4.73. The molecule has 36 heavy (non-hydrogen) atoms. The monoisotopic (exact) mass is 502 g/mol. The quantitative estimate of drug-likeness (QED) is 0.409. The summed E-state index contributed by atoms with van der Waals surface area (Å²) in [4.78, 5) is 22.5. The van der Waals surface area contributed by atoms with Gasteiger partial charge in [0.15, 0.2) is 0 Å². The van der Waals surface area contributed by atoms with Crippen molar-refractivity contribution < 1.29 is 17.9 Å². The van der Waals surface area contributed by atoms with Crippen molar-refractivity contribution in [1.29, 1.82) is 0 Å². The Morgan fingerprint density at radius 2 is 1.72 bits per heavy atom. The fourth-order valence-electron chi connectivity index (χ4n) is 4.42. The maximum absolute atomic E-state index is 13.6. The molecular weight excluding hydrogens is 476 g/mol. The van der Waals surface area contributed by atoms with Crippen molar-refractivity contribution in [2.75, 3.05) is 25.5 Å². The van der Waals surface area contributed by atoms with Gasteiger partial charge in [0.2, 0.25) is 10.0 Å². The highest BCUT2D eigenvalue weighted by Crippen LogP contribution is 2.31. The molecule has 0 spiro atoms. The zero-order valence-corrected chi connectivity index (χ0v) is 20.7. The second-order valence-corrected chi connectivity index (χ2v) is 10.5. The van der Waals surface area contributed by atoms with Crippen molar-refractivity contribution in [3.8, 4) is 17.0 Å². The summed E-state index contributed by atoms with van der Waals surface area (Å²) in [6, 6.07) is 17.3. The maximum atomic E-state index is 13.6. The number of piperidine rings is 1. The number of amides is 1. The van der Waals surface area contributed by atoms with Crippen LogP contribution in [0.25, 0.3) is 22.2 Å². The summed E-state index contributed by atoms with van der Waals surface area (Å²) in [5, 5.41) is 3.56.